The Kier molecular flexibility index (Phi) is 3.33. The Hall–Kier alpha value is -1.32. The lowest BCUT2D eigenvalue weighted by molar-refractivity contribution is 0.0140. The summed E-state index contributed by atoms with van der Waals surface area (Å²) in [5, 5.41) is 4.84. The Balaban J connectivity index is 1.75. The smallest absolute Gasteiger partial charge is 0.134 e. The van der Waals surface area contributed by atoms with Gasteiger partial charge in [0.1, 0.15) is 11.3 Å². The van der Waals surface area contributed by atoms with Crippen LogP contribution in [0.15, 0.2) is 28.7 Å². The Labute approximate surface area is 113 Å². The van der Waals surface area contributed by atoms with Crippen LogP contribution in [0.25, 0.3) is 11.0 Å². The fourth-order valence-corrected chi connectivity index (χ4v) is 2.93. The summed E-state index contributed by atoms with van der Waals surface area (Å²) in [6, 6.07) is 9.02. The van der Waals surface area contributed by atoms with Crippen LogP contribution in [0.3, 0.4) is 0 Å². The number of para-hydroxylation sites is 1. The molecule has 0 radical (unpaired) electrons. The minimum atomic E-state index is 0.246. The second-order valence-corrected chi connectivity index (χ2v) is 5.50. The summed E-state index contributed by atoms with van der Waals surface area (Å²) in [4.78, 5) is 0. The van der Waals surface area contributed by atoms with Gasteiger partial charge in [0.2, 0.25) is 0 Å². The summed E-state index contributed by atoms with van der Waals surface area (Å²) in [6.45, 7) is 4.31. The van der Waals surface area contributed by atoms with Crippen molar-refractivity contribution in [3.8, 4) is 0 Å². The van der Waals surface area contributed by atoms with Gasteiger partial charge in [0.05, 0.1) is 12.1 Å². The molecule has 1 unspecified atom stereocenters. The van der Waals surface area contributed by atoms with E-state index in [2.05, 4.69) is 31.3 Å². The van der Waals surface area contributed by atoms with E-state index in [1.165, 1.54) is 10.9 Å². The summed E-state index contributed by atoms with van der Waals surface area (Å²) in [7, 11) is 1.79. The van der Waals surface area contributed by atoms with Crippen molar-refractivity contribution in [1.82, 2.24) is 5.32 Å². The molecular weight excluding hydrogens is 238 g/mol. The number of benzene rings is 1. The van der Waals surface area contributed by atoms with Gasteiger partial charge in [0, 0.05) is 18.5 Å². The van der Waals surface area contributed by atoms with E-state index < -0.39 is 0 Å². The maximum atomic E-state index is 5.99. The molecule has 0 bridgehead atoms. The third kappa shape index (κ3) is 2.28. The van der Waals surface area contributed by atoms with E-state index in [0.29, 0.717) is 12.1 Å². The SMILES string of the molecule is COC1CC(NC(C)c2oc3ccccc3c2C)C1. The number of ether oxygens (including phenoxy) is 1. The van der Waals surface area contributed by atoms with Crippen molar-refractivity contribution in [3.63, 3.8) is 0 Å². The molecule has 2 aromatic rings. The molecule has 0 saturated heterocycles. The fraction of sp³-hybridized carbons (Fsp3) is 0.500. The van der Waals surface area contributed by atoms with Crippen LogP contribution in [-0.2, 0) is 4.74 Å². The molecular formula is C16H21NO2. The predicted molar refractivity (Wildman–Crippen MR) is 76.3 cm³/mol. The van der Waals surface area contributed by atoms with Crippen LogP contribution in [0.2, 0.25) is 0 Å². The van der Waals surface area contributed by atoms with E-state index >= 15 is 0 Å². The normalized spacial score (nSPS) is 24.4. The van der Waals surface area contributed by atoms with Gasteiger partial charge < -0.3 is 14.5 Å². The third-order valence-corrected chi connectivity index (χ3v) is 4.19. The third-order valence-electron chi connectivity index (χ3n) is 4.19. The molecule has 1 aromatic heterocycles. The highest BCUT2D eigenvalue weighted by atomic mass is 16.5. The Morgan fingerprint density at radius 3 is 2.74 bits per heavy atom. The van der Waals surface area contributed by atoms with Crippen molar-refractivity contribution in [2.24, 2.45) is 0 Å². The number of hydrogen-bond donors (Lipinski definition) is 1. The highest BCUT2D eigenvalue weighted by Crippen LogP contribution is 2.31. The zero-order valence-corrected chi connectivity index (χ0v) is 11.8. The molecule has 3 nitrogen and oxygen atoms in total. The molecule has 1 aliphatic rings. The zero-order chi connectivity index (χ0) is 13.4. The van der Waals surface area contributed by atoms with Gasteiger partial charge in [0.15, 0.2) is 0 Å². The van der Waals surface area contributed by atoms with Crippen molar-refractivity contribution < 1.29 is 9.15 Å². The molecule has 1 heterocycles. The van der Waals surface area contributed by atoms with E-state index in [1.54, 1.807) is 7.11 Å². The topological polar surface area (TPSA) is 34.4 Å². The van der Waals surface area contributed by atoms with Crippen LogP contribution in [0, 0.1) is 6.92 Å². The van der Waals surface area contributed by atoms with Crippen LogP contribution in [0.5, 0.6) is 0 Å². The van der Waals surface area contributed by atoms with Crippen LogP contribution >= 0.6 is 0 Å². The molecule has 1 atom stereocenters. The van der Waals surface area contributed by atoms with Gasteiger partial charge in [0.25, 0.3) is 0 Å². The molecule has 0 spiro atoms. The molecule has 1 saturated carbocycles. The maximum Gasteiger partial charge on any atom is 0.134 e. The van der Waals surface area contributed by atoms with E-state index in [-0.39, 0.29) is 6.04 Å². The lowest BCUT2D eigenvalue weighted by atomic mass is 9.88. The van der Waals surface area contributed by atoms with E-state index in [0.717, 1.165) is 24.2 Å². The number of nitrogens with one attached hydrogen (secondary N) is 1. The van der Waals surface area contributed by atoms with Gasteiger partial charge in [-0.3, -0.25) is 0 Å². The Morgan fingerprint density at radius 1 is 1.32 bits per heavy atom. The first-order chi connectivity index (χ1) is 9.19. The molecule has 19 heavy (non-hydrogen) atoms. The van der Waals surface area contributed by atoms with E-state index in [4.69, 9.17) is 9.15 Å². The minimum absolute atomic E-state index is 0.246. The molecule has 1 aromatic carbocycles. The van der Waals surface area contributed by atoms with E-state index in [9.17, 15) is 0 Å². The summed E-state index contributed by atoms with van der Waals surface area (Å²) in [6.07, 6.45) is 2.63. The molecule has 102 valence electrons. The predicted octanol–water partition coefficient (Wildman–Crippen LogP) is 3.57. The summed E-state index contributed by atoms with van der Waals surface area (Å²) in [5.74, 6) is 1.06. The van der Waals surface area contributed by atoms with Gasteiger partial charge in [-0.15, -0.1) is 0 Å². The van der Waals surface area contributed by atoms with Gasteiger partial charge in [-0.1, -0.05) is 18.2 Å². The zero-order valence-electron chi connectivity index (χ0n) is 11.8. The van der Waals surface area contributed by atoms with Crippen LogP contribution in [0.1, 0.15) is 37.1 Å². The number of hydrogen-bond acceptors (Lipinski definition) is 3. The molecule has 1 aliphatic carbocycles. The Bertz CT molecular complexity index is 569. The molecule has 3 heteroatoms. The average molecular weight is 259 g/mol. The summed E-state index contributed by atoms with van der Waals surface area (Å²) >= 11 is 0. The van der Waals surface area contributed by atoms with E-state index in [1.807, 2.05) is 12.1 Å². The summed E-state index contributed by atoms with van der Waals surface area (Å²) in [5.41, 5.74) is 2.23. The van der Waals surface area contributed by atoms with Crippen molar-refractivity contribution in [1.29, 1.82) is 0 Å². The Morgan fingerprint density at radius 2 is 2.05 bits per heavy atom. The summed E-state index contributed by atoms with van der Waals surface area (Å²) < 4.78 is 11.3. The average Bonchev–Trinajstić information content (AvgIpc) is 2.71. The minimum Gasteiger partial charge on any atom is -0.459 e. The number of fused-ring (bicyclic) bond motifs is 1. The lowest BCUT2D eigenvalue weighted by Crippen LogP contribution is -2.45. The first-order valence-electron chi connectivity index (χ1n) is 6.96. The van der Waals surface area contributed by atoms with Gasteiger partial charge in [-0.25, -0.2) is 0 Å². The quantitative estimate of drug-likeness (QED) is 0.911. The van der Waals surface area contributed by atoms with Crippen molar-refractivity contribution in [3.05, 3.63) is 35.6 Å². The van der Waals surface area contributed by atoms with Crippen LogP contribution < -0.4 is 5.32 Å². The van der Waals surface area contributed by atoms with Crippen LogP contribution in [-0.4, -0.2) is 19.3 Å². The molecule has 0 amide bonds. The van der Waals surface area contributed by atoms with Crippen LogP contribution in [0.4, 0.5) is 0 Å². The lowest BCUT2D eigenvalue weighted by Gasteiger charge is -2.36. The van der Waals surface area contributed by atoms with Gasteiger partial charge >= 0.3 is 0 Å². The first-order valence-corrected chi connectivity index (χ1v) is 6.96. The monoisotopic (exact) mass is 259 g/mol. The highest BCUT2D eigenvalue weighted by molar-refractivity contribution is 5.82. The second kappa shape index (κ2) is 4.99. The number of methoxy groups -OCH3 is 1. The van der Waals surface area contributed by atoms with Crippen molar-refractivity contribution >= 4 is 11.0 Å². The molecule has 0 aliphatic heterocycles. The second-order valence-electron chi connectivity index (χ2n) is 5.50. The van der Waals surface area contributed by atoms with Crippen molar-refractivity contribution in [2.45, 2.75) is 44.9 Å². The number of aryl methyl sites for hydroxylation is 1. The molecule has 3 rings (SSSR count). The fourth-order valence-electron chi connectivity index (χ4n) is 2.93. The van der Waals surface area contributed by atoms with Crippen molar-refractivity contribution in [2.75, 3.05) is 7.11 Å². The number of rotatable bonds is 4. The first kappa shape index (κ1) is 12.7. The standard InChI is InChI=1S/C16H21NO2/c1-10-14-6-4-5-7-15(14)19-16(10)11(2)17-12-8-13(9-12)18-3/h4-7,11-13,17H,8-9H2,1-3H3. The highest BCUT2D eigenvalue weighted by Gasteiger charge is 2.31. The van der Waals surface area contributed by atoms with Gasteiger partial charge in [-0.2, -0.15) is 0 Å². The molecule has 1 fully saturated rings. The maximum absolute atomic E-state index is 5.99. The number of furan rings is 1. The largest absolute Gasteiger partial charge is 0.459 e. The van der Waals surface area contributed by atoms with Gasteiger partial charge in [-0.05, 0) is 38.3 Å². The molecule has 1 N–H and O–H groups in total.